The summed E-state index contributed by atoms with van der Waals surface area (Å²) >= 11 is 0. The molecule has 1 aromatic heterocycles. The van der Waals surface area contributed by atoms with Gasteiger partial charge in [-0.1, -0.05) is 17.7 Å². The number of guanidine groups is 1. The van der Waals surface area contributed by atoms with Gasteiger partial charge in [0.1, 0.15) is 0 Å². The molecule has 2 aromatic rings. The van der Waals surface area contributed by atoms with Crippen LogP contribution in [0.1, 0.15) is 29.3 Å². The highest BCUT2D eigenvalue weighted by atomic mass is 16.1. The number of hydrogen-bond acceptors (Lipinski definition) is 4. The molecule has 0 aliphatic carbocycles. The third-order valence-electron chi connectivity index (χ3n) is 4.86. The molecule has 0 bridgehead atoms. The Labute approximate surface area is 172 Å². The summed E-state index contributed by atoms with van der Waals surface area (Å²) in [5.74, 6) is 0.662. The van der Waals surface area contributed by atoms with E-state index in [0.717, 1.165) is 32.0 Å². The highest BCUT2D eigenvalue weighted by molar-refractivity contribution is 5.93. The summed E-state index contributed by atoms with van der Waals surface area (Å²) in [5.41, 5.74) is 3.10. The number of pyridine rings is 1. The Kier molecular flexibility index (Phi) is 7.44. The van der Waals surface area contributed by atoms with Crippen LogP contribution in [0.5, 0.6) is 0 Å². The second kappa shape index (κ2) is 10.5. The van der Waals surface area contributed by atoms with Crippen LogP contribution in [0.25, 0.3) is 0 Å². The second-order valence-corrected chi connectivity index (χ2v) is 7.17. The Morgan fingerprint density at radius 1 is 1.24 bits per heavy atom. The Bertz CT molecular complexity index is 806. The Balaban J connectivity index is 1.46. The fourth-order valence-electron chi connectivity index (χ4n) is 3.32. The summed E-state index contributed by atoms with van der Waals surface area (Å²) < 4.78 is 0. The van der Waals surface area contributed by atoms with E-state index in [4.69, 9.17) is 0 Å². The maximum atomic E-state index is 12.0. The SMILES string of the molecule is CCNC(=NCCNC(=O)c1cccnc1)NC1CCN(c2ccc(C)cc2)C1. The number of nitrogens with one attached hydrogen (secondary N) is 3. The van der Waals surface area contributed by atoms with Crippen LogP contribution < -0.4 is 20.9 Å². The van der Waals surface area contributed by atoms with Crippen LogP contribution in [0.3, 0.4) is 0 Å². The maximum Gasteiger partial charge on any atom is 0.252 e. The molecular weight excluding hydrogens is 364 g/mol. The van der Waals surface area contributed by atoms with E-state index < -0.39 is 0 Å². The van der Waals surface area contributed by atoms with Crippen molar-refractivity contribution in [3.63, 3.8) is 0 Å². The number of nitrogens with zero attached hydrogens (tertiary/aromatic N) is 3. The van der Waals surface area contributed by atoms with Crippen molar-refractivity contribution in [3.8, 4) is 0 Å². The van der Waals surface area contributed by atoms with E-state index in [1.165, 1.54) is 11.3 Å². The van der Waals surface area contributed by atoms with E-state index >= 15 is 0 Å². The van der Waals surface area contributed by atoms with Crippen LogP contribution in [-0.2, 0) is 0 Å². The summed E-state index contributed by atoms with van der Waals surface area (Å²) in [7, 11) is 0. The molecule has 1 saturated heterocycles. The van der Waals surface area contributed by atoms with Gasteiger partial charge in [-0.15, -0.1) is 0 Å². The zero-order valence-electron chi connectivity index (χ0n) is 17.2. The van der Waals surface area contributed by atoms with Gasteiger partial charge in [-0.2, -0.15) is 0 Å². The Morgan fingerprint density at radius 3 is 2.79 bits per heavy atom. The van der Waals surface area contributed by atoms with Crippen molar-refractivity contribution >= 4 is 17.6 Å². The van der Waals surface area contributed by atoms with Crippen molar-refractivity contribution < 1.29 is 4.79 Å². The van der Waals surface area contributed by atoms with Gasteiger partial charge in [0.2, 0.25) is 0 Å². The molecule has 1 aliphatic rings. The van der Waals surface area contributed by atoms with Crippen molar-refractivity contribution in [2.75, 3.05) is 37.6 Å². The average Bonchev–Trinajstić information content (AvgIpc) is 3.20. The van der Waals surface area contributed by atoms with Crippen molar-refractivity contribution in [3.05, 3.63) is 59.9 Å². The maximum absolute atomic E-state index is 12.0. The van der Waals surface area contributed by atoms with Crippen LogP contribution in [0.15, 0.2) is 53.8 Å². The first-order chi connectivity index (χ1) is 14.2. The lowest BCUT2D eigenvalue weighted by molar-refractivity contribution is 0.0954. The zero-order valence-corrected chi connectivity index (χ0v) is 17.2. The standard InChI is InChI=1S/C22H30N6O/c1-3-24-22(26-13-12-25-21(29)18-5-4-11-23-15-18)27-19-10-14-28(16-19)20-8-6-17(2)7-9-20/h4-9,11,15,19H,3,10,12-14,16H2,1-2H3,(H,25,29)(H2,24,26,27). The number of amides is 1. The predicted molar refractivity (Wildman–Crippen MR) is 117 cm³/mol. The van der Waals surface area contributed by atoms with Crippen LogP contribution in [-0.4, -0.2) is 55.6 Å². The summed E-state index contributed by atoms with van der Waals surface area (Å²) in [5, 5.41) is 9.68. The van der Waals surface area contributed by atoms with Crippen molar-refractivity contribution in [1.29, 1.82) is 0 Å². The number of aromatic nitrogens is 1. The van der Waals surface area contributed by atoms with Crippen LogP contribution >= 0.6 is 0 Å². The molecule has 0 saturated carbocycles. The van der Waals surface area contributed by atoms with Gasteiger partial charge in [0.25, 0.3) is 5.91 Å². The van der Waals surface area contributed by atoms with E-state index in [1.54, 1.807) is 24.5 Å². The third-order valence-corrected chi connectivity index (χ3v) is 4.86. The van der Waals surface area contributed by atoms with Crippen molar-refractivity contribution in [2.24, 2.45) is 4.99 Å². The topological polar surface area (TPSA) is 81.6 Å². The molecule has 1 aliphatic heterocycles. The van der Waals surface area contributed by atoms with Gasteiger partial charge in [0.05, 0.1) is 12.1 Å². The van der Waals surface area contributed by atoms with Crippen molar-refractivity contribution in [1.82, 2.24) is 20.9 Å². The van der Waals surface area contributed by atoms with Gasteiger partial charge in [0.15, 0.2) is 5.96 Å². The Morgan fingerprint density at radius 2 is 2.07 bits per heavy atom. The smallest absolute Gasteiger partial charge is 0.252 e. The molecule has 0 spiro atoms. The van der Waals surface area contributed by atoms with E-state index in [9.17, 15) is 4.79 Å². The van der Waals surface area contributed by atoms with Crippen LogP contribution in [0.2, 0.25) is 0 Å². The fourth-order valence-corrected chi connectivity index (χ4v) is 3.32. The largest absolute Gasteiger partial charge is 0.369 e. The minimum Gasteiger partial charge on any atom is -0.369 e. The monoisotopic (exact) mass is 394 g/mol. The lowest BCUT2D eigenvalue weighted by Crippen LogP contribution is -2.45. The summed E-state index contributed by atoms with van der Waals surface area (Å²) in [4.78, 5) is 23.0. The molecule has 0 radical (unpaired) electrons. The Hall–Kier alpha value is -3.09. The number of carbonyl (C=O) groups is 1. The first-order valence-corrected chi connectivity index (χ1v) is 10.2. The second-order valence-electron chi connectivity index (χ2n) is 7.17. The van der Waals surface area contributed by atoms with Gasteiger partial charge in [-0.3, -0.25) is 14.8 Å². The summed E-state index contributed by atoms with van der Waals surface area (Å²) in [6, 6.07) is 12.5. The third kappa shape index (κ3) is 6.20. The molecular formula is C22H30N6O. The normalized spacial score (nSPS) is 16.6. The molecule has 29 heavy (non-hydrogen) atoms. The zero-order chi connectivity index (χ0) is 20.5. The molecule has 7 heteroatoms. The first-order valence-electron chi connectivity index (χ1n) is 10.2. The fraction of sp³-hybridized carbons (Fsp3) is 0.409. The predicted octanol–water partition coefficient (Wildman–Crippen LogP) is 1.95. The van der Waals surface area contributed by atoms with E-state index in [2.05, 4.69) is 68.9 Å². The molecule has 154 valence electrons. The molecule has 1 fully saturated rings. The minimum absolute atomic E-state index is 0.129. The summed E-state index contributed by atoms with van der Waals surface area (Å²) in [6.45, 7) is 7.92. The molecule has 1 amide bonds. The molecule has 3 N–H and O–H groups in total. The number of rotatable bonds is 7. The van der Waals surface area contributed by atoms with Crippen LogP contribution in [0.4, 0.5) is 5.69 Å². The van der Waals surface area contributed by atoms with E-state index in [1.807, 2.05) is 0 Å². The van der Waals surface area contributed by atoms with Gasteiger partial charge < -0.3 is 20.9 Å². The van der Waals surface area contributed by atoms with Crippen molar-refractivity contribution in [2.45, 2.75) is 26.3 Å². The summed E-state index contributed by atoms with van der Waals surface area (Å²) in [6.07, 6.45) is 4.28. The number of aryl methyl sites for hydroxylation is 1. The van der Waals surface area contributed by atoms with Gasteiger partial charge in [-0.05, 0) is 44.5 Å². The molecule has 3 rings (SSSR count). The highest BCUT2D eigenvalue weighted by Gasteiger charge is 2.23. The molecule has 1 unspecified atom stereocenters. The highest BCUT2D eigenvalue weighted by Crippen LogP contribution is 2.20. The lowest BCUT2D eigenvalue weighted by atomic mass is 10.2. The average molecular weight is 395 g/mol. The molecule has 2 heterocycles. The lowest BCUT2D eigenvalue weighted by Gasteiger charge is -2.20. The van der Waals surface area contributed by atoms with E-state index in [-0.39, 0.29) is 5.91 Å². The number of aliphatic imine (C=N–C) groups is 1. The number of anilines is 1. The number of carbonyl (C=O) groups excluding carboxylic acids is 1. The van der Waals surface area contributed by atoms with Gasteiger partial charge in [-0.25, -0.2) is 0 Å². The van der Waals surface area contributed by atoms with Gasteiger partial charge in [0, 0.05) is 50.3 Å². The minimum atomic E-state index is -0.129. The van der Waals surface area contributed by atoms with Gasteiger partial charge >= 0.3 is 0 Å². The first kappa shape index (κ1) is 20.6. The quantitative estimate of drug-likeness (QED) is 0.380. The van der Waals surface area contributed by atoms with E-state index in [0.29, 0.717) is 24.7 Å². The number of benzene rings is 1. The molecule has 7 nitrogen and oxygen atoms in total. The molecule has 1 atom stereocenters. The number of hydrogen-bond donors (Lipinski definition) is 3. The molecule has 1 aromatic carbocycles. The van der Waals surface area contributed by atoms with Crippen LogP contribution in [0, 0.1) is 6.92 Å².